The lowest BCUT2D eigenvalue weighted by Crippen LogP contribution is -2.25. The van der Waals surface area contributed by atoms with Crippen LogP contribution in [0.1, 0.15) is 32.6 Å². The van der Waals surface area contributed by atoms with E-state index in [1.165, 1.54) is 11.3 Å². The third-order valence-corrected chi connectivity index (χ3v) is 7.57. The van der Waals surface area contributed by atoms with Gasteiger partial charge in [0, 0.05) is 26.7 Å². The highest BCUT2D eigenvalue weighted by Crippen LogP contribution is 2.32. The Hall–Kier alpha value is -3.65. The fraction of sp³-hybridized carbons (Fsp3) is 0.107. The lowest BCUT2D eigenvalue weighted by molar-refractivity contribution is -0.125. The minimum atomic E-state index is -1.16. The standard InChI is InChI=1S/C28H21Cl2N3O3S/c1-16-8-11-20(14-23(16)30)31-26(34)25(18-6-4-3-5-7-18)36-28(35)24-15-22-17(2)32-33(27(22)37-24)21-12-9-19(29)10-13-21/h3-15,25H,1-2H3,(H,31,34). The van der Waals surface area contributed by atoms with Gasteiger partial charge >= 0.3 is 5.97 Å². The Morgan fingerprint density at radius 1 is 0.973 bits per heavy atom. The van der Waals surface area contributed by atoms with Crippen LogP contribution in [-0.2, 0) is 9.53 Å². The number of aromatic nitrogens is 2. The molecule has 0 bridgehead atoms. The van der Waals surface area contributed by atoms with Gasteiger partial charge in [0.1, 0.15) is 9.71 Å². The van der Waals surface area contributed by atoms with Crippen LogP contribution in [0.3, 0.4) is 0 Å². The SMILES string of the molecule is Cc1ccc(NC(=O)C(OC(=O)c2cc3c(C)nn(-c4ccc(Cl)cc4)c3s2)c2ccccc2)cc1Cl. The zero-order valence-electron chi connectivity index (χ0n) is 19.9. The molecule has 0 saturated heterocycles. The Bertz CT molecular complexity index is 1610. The van der Waals surface area contributed by atoms with Crippen molar-refractivity contribution in [3.05, 3.63) is 111 Å². The molecular formula is C28H21Cl2N3O3S. The van der Waals surface area contributed by atoms with Gasteiger partial charge in [0.15, 0.2) is 0 Å². The zero-order chi connectivity index (χ0) is 26.1. The third kappa shape index (κ3) is 5.25. The van der Waals surface area contributed by atoms with Crippen LogP contribution >= 0.6 is 34.5 Å². The van der Waals surface area contributed by atoms with Crippen molar-refractivity contribution in [2.24, 2.45) is 0 Å². The number of anilines is 1. The summed E-state index contributed by atoms with van der Waals surface area (Å²) in [6.45, 7) is 3.75. The van der Waals surface area contributed by atoms with Crippen molar-refractivity contribution < 1.29 is 14.3 Å². The van der Waals surface area contributed by atoms with Crippen molar-refractivity contribution in [2.75, 3.05) is 5.32 Å². The van der Waals surface area contributed by atoms with Crippen molar-refractivity contribution in [1.82, 2.24) is 9.78 Å². The molecule has 3 aromatic carbocycles. The predicted octanol–water partition coefficient (Wildman–Crippen LogP) is 7.55. The zero-order valence-corrected chi connectivity index (χ0v) is 22.2. The molecule has 0 aliphatic rings. The van der Waals surface area contributed by atoms with E-state index in [0.717, 1.165) is 27.2 Å². The minimum Gasteiger partial charge on any atom is -0.443 e. The average Bonchev–Trinajstić information content (AvgIpc) is 3.46. The molecule has 1 atom stereocenters. The van der Waals surface area contributed by atoms with Crippen molar-refractivity contribution >= 4 is 62.3 Å². The van der Waals surface area contributed by atoms with Crippen LogP contribution in [0.4, 0.5) is 5.69 Å². The smallest absolute Gasteiger partial charge is 0.349 e. The number of carbonyl (C=O) groups is 2. The van der Waals surface area contributed by atoms with Crippen molar-refractivity contribution in [2.45, 2.75) is 20.0 Å². The first kappa shape index (κ1) is 25.0. The van der Waals surface area contributed by atoms with Gasteiger partial charge in [-0.3, -0.25) is 4.79 Å². The Morgan fingerprint density at radius 3 is 2.41 bits per heavy atom. The van der Waals surface area contributed by atoms with E-state index in [-0.39, 0.29) is 0 Å². The molecule has 0 spiro atoms. The molecule has 0 saturated carbocycles. The molecule has 1 unspecified atom stereocenters. The molecule has 37 heavy (non-hydrogen) atoms. The summed E-state index contributed by atoms with van der Waals surface area (Å²) in [5.74, 6) is -1.08. The van der Waals surface area contributed by atoms with E-state index in [1.54, 1.807) is 59.3 Å². The molecule has 5 aromatic rings. The number of ether oxygens (including phenoxy) is 1. The minimum absolute atomic E-state index is 0.366. The van der Waals surface area contributed by atoms with E-state index in [1.807, 2.05) is 38.1 Å². The average molecular weight is 550 g/mol. The van der Waals surface area contributed by atoms with Gasteiger partial charge in [-0.05, 0) is 61.9 Å². The summed E-state index contributed by atoms with van der Waals surface area (Å²) in [4.78, 5) is 27.7. The molecule has 1 N–H and O–H groups in total. The molecule has 0 aliphatic heterocycles. The number of thiophene rings is 1. The van der Waals surface area contributed by atoms with Gasteiger partial charge in [-0.25, -0.2) is 9.48 Å². The van der Waals surface area contributed by atoms with Gasteiger partial charge in [-0.15, -0.1) is 11.3 Å². The second-order valence-electron chi connectivity index (χ2n) is 8.45. The third-order valence-electron chi connectivity index (χ3n) is 5.82. The number of nitrogens with zero attached hydrogens (tertiary/aromatic N) is 2. The maximum Gasteiger partial charge on any atom is 0.349 e. The Balaban J connectivity index is 1.44. The molecule has 0 aliphatic carbocycles. The number of hydrogen-bond acceptors (Lipinski definition) is 5. The van der Waals surface area contributed by atoms with E-state index in [2.05, 4.69) is 10.4 Å². The molecule has 6 nitrogen and oxygen atoms in total. The van der Waals surface area contributed by atoms with Gasteiger partial charge in [0.25, 0.3) is 5.91 Å². The number of halogens is 2. The van der Waals surface area contributed by atoms with E-state index in [4.69, 9.17) is 27.9 Å². The monoisotopic (exact) mass is 549 g/mol. The van der Waals surface area contributed by atoms with E-state index in [9.17, 15) is 9.59 Å². The number of carbonyl (C=O) groups excluding carboxylic acids is 2. The summed E-state index contributed by atoms with van der Waals surface area (Å²) in [6.07, 6.45) is -1.16. The molecule has 2 heterocycles. The van der Waals surface area contributed by atoms with Crippen molar-refractivity contribution in [3.63, 3.8) is 0 Å². The molecule has 0 fully saturated rings. The van der Waals surface area contributed by atoms with Crippen LogP contribution in [0.25, 0.3) is 15.9 Å². The van der Waals surface area contributed by atoms with Crippen LogP contribution in [0.15, 0.2) is 78.9 Å². The van der Waals surface area contributed by atoms with E-state index in [0.29, 0.717) is 26.2 Å². The summed E-state index contributed by atoms with van der Waals surface area (Å²) in [7, 11) is 0. The molecule has 5 rings (SSSR count). The second-order valence-corrected chi connectivity index (χ2v) is 10.3. The molecule has 186 valence electrons. The Labute approximate surface area is 227 Å². The highest BCUT2D eigenvalue weighted by atomic mass is 35.5. The summed E-state index contributed by atoms with van der Waals surface area (Å²) in [5.41, 5.74) is 3.55. The maximum absolute atomic E-state index is 13.3. The first-order valence-electron chi connectivity index (χ1n) is 11.4. The summed E-state index contributed by atoms with van der Waals surface area (Å²) < 4.78 is 7.56. The normalized spacial score (nSPS) is 11.9. The lowest BCUT2D eigenvalue weighted by atomic mass is 10.1. The van der Waals surface area contributed by atoms with Gasteiger partial charge in [0.05, 0.1) is 11.4 Å². The number of amides is 1. The predicted molar refractivity (Wildman–Crippen MR) is 148 cm³/mol. The number of esters is 1. The first-order valence-corrected chi connectivity index (χ1v) is 13.0. The molecule has 1 amide bonds. The van der Waals surface area contributed by atoms with Crippen LogP contribution in [0.2, 0.25) is 10.0 Å². The second kappa shape index (κ2) is 10.4. The van der Waals surface area contributed by atoms with Crippen LogP contribution < -0.4 is 5.32 Å². The largest absolute Gasteiger partial charge is 0.443 e. The number of rotatable bonds is 6. The van der Waals surface area contributed by atoms with Crippen molar-refractivity contribution in [3.8, 4) is 5.69 Å². The fourth-order valence-corrected chi connectivity index (χ4v) is 5.22. The number of hydrogen-bond donors (Lipinski definition) is 1. The first-order chi connectivity index (χ1) is 17.8. The van der Waals surface area contributed by atoms with Gasteiger partial charge < -0.3 is 10.1 Å². The topological polar surface area (TPSA) is 73.2 Å². The highest BCUT2D eigenvalue weighted by Gasteiger charge is 2.27. The number of benzene rings is 3. The van der Waals surface area contributed by atoms with Crippen LogP contribution in [0, 0.1) is 13.8 Å². The summed E-state index contributed by atoms with van der Waals surface area (Å²) in [5, 5.41) is 9.40. The number of aryl methyl sites for hydroxylation is 2. The highest BCUT2D eigenvalue weighted by molar-refractivity contribution is 7.20. The number of nitrogens with one attached hydrogen (secondary N) is 1. The van der Waals surface area contributed by atoms with E-state index < -0.39 is 18.0 Å². The van der Waals surface area contributed by atoms with Crippen LogP contribution in [-0.4, -0.2) is 21.7 Å². The molecule has 2 aromatic heterocycles. The number of fused-ring (bicyclic) bond motifs is 1. The molecule has 9 heteroatoms. The maximum atomic E-state index is 13.3. The quantitative estimate of drug-likeness (QED) is 0.222. The summed E-state index contributed by atoms with van der Waals surface area (Å²) in [6, 6.07) is 23.2. The van der Waals surface area contributed by atoms with Crippen LogP contribution in [0.5, 0.6) is 0 Å². The molecule has 0 radical (unpaired) electrons. The fourth-order valence-electron chi connectivity index (χ4n) is 3.85. The Kier molecular flexibility index (Phi) is 7.02. The van der Waals surface area contributed by atoms with Crippen molar-refractivity contribution in [1.29, 1.82) is 0 Å². The van der Waals surface area contributed by atoms with E-state index >= 15 is 0 Å². The summed E-state index contributed by atoms with van der Waals surface area (Å²) >= 11 is 13.5. The molecular weight excluding hydrogens is 529 g/mol. The van der Waals surface area contributed by atoms with Gasteiger partial charge in [-0.2, -0.15) is 5.10 Å². The van der Waals surface area contributed by atoms with Gasteiger partial charge in [-0.1, -0.05) is 59.6 Å². The van der Waals surface area contributed by atoms with Gasteiger partial charge in [0.2, 0.25) is 6.10 Å². The Morgan fingerprint density at radius 2 is 1.70 bits per heavy atom. The lowest BCUT2D eigenvalue weighted by Gasteiger charge is -2.18.